The molecule has 1 unspecified atom stereocenters. The molecule has 1 aromatic carbocycles. The largest absolute Gasteiger partial charge is 0.459 e. The molecule has 0 aliphatic carbocycles. The zero-order valence-corrected chi connectivity index (χ0v) is 17.2. The quantitative estimate of drug-likeness (QED) is 0.422. The Kier molecular flexibility index (Phi) is 6.98. The molecule has 7 nitrogen and oxygen atoms in total. The van der Waals surface area contributed by atoms with Gasteiger partial charge < -0.3 is 15.2 Å². The molecule has 0 radical (unpaired) electrons. The van der Waals surface area contributed by atoms with Crippen LogP contribution < -0.4 is 11.1 Å². The molecule has 0 bridgehead atoms. The van der Waals surface area contributed by atoms with Crippen LogP contribution in [0.15, 0.2) is 49.1 Å². The van der Waals surface area contributed by atoms with Crippen molar-refractivity contribution < 1.29 is 19.1 Å². The Hall–Kier alpha value is -3.35. The first-order valence-corrected chi connectivity index (χ1v) is 9.20. The highest BCUT2D eigenvalue weighted by atomic mass is 16.6. The van der Waals surface area contributed by atoms with Crippen LogP contribution >= 0.6 is 0 Å². The van der Waals surface area contributed by atoms with Gasteiger partial charge in [0.1, 0.15) is 11.5 Å². The summed E-state index contributed by atoms with van der Waals surface area (Å²) in [4.78, 5) is 28.6. The Morgan fingerprint density at radius 3 is 2.59 bits per heavy atom. The summed E-state index contributed by atoms with van der Waals surface area (Å²) in [5.41, 5.74) is 8.37. The number of nitrogen functional groups attached to an aromatic ring is 1. The van der Waals surface area contributed by atoms with Gasteiger partial charge >= 0.3 is 12.1 Å². The first-order chi connectivity index (χ1) is 13.6. The fourth-order valence-electron chi connectivity index (χ4n) is 2.72. The van der Waals surface area contributed by atoms with E-state index in [1.807, 2.05) is 32.9 Å². The van der Waals surface area contributed by atoms with Gasteiger partial charge in [-0.2, -0.15) is 0 Å². The molecule has 2 rings (SSSR count). The monoisotopic (exact) mass is 397 g/mol. The van der Waals surface area contributed by atoms with E-state index in [4.69, 9.17) is 10.5 Å². The van der Waals surface area contributed by atoms with E-state index in [1.165, 1.54) is 7.11 Å². The van der Waals surface area contributed by atoms with Crippen LogP contribution in [0.2, 0.25) is 0 Å². The molecule has 1 atom stereocenters. The van der Waals surface area contributed by atoms with Crippen LogP contribution in [-0.4, -0.2) is 29.8 Å². The lowest BCUT2D eigenvalue weighted by Gasteiger charge is -2.23. The van der Waals surface area contributed by atoms with Crippen LogP contribution in [0.3, 0.4) is 0 Å². The van der Waals surface area contributed by atoms with E-state index < -0.39 is 17.6 Å². The predicted octanol–water partition coefficient (Wildman–Crippen LogP) is 4.51. The molecule has 0 spiro atoms. The number of amides is 1. The average molecular weight is 397 g/mol. The van der Waals surface area contributed by atoms with Crippen molar-refractivity contribution in [2.75, 3.05) is 18.2 Å². The third-order valence-electron chi connectivity index (χ3n) is 3.98. The summed E-state index contributed by atoms with van der Waals surface area (Å²) >= 11 is 0. The van der Waals surface area contributed by atoms with Crippen molar-refractivity contribution in [3.63, 3.8) is 0 Å². The number of methoxy groups -OCH3 is 1. The molecule has 0 aliphatic rings. The lowest BCUT2D eigenvalue weighted by molar-refractivity contribution is -0.156. The molecule has 0 fully saturated rings. The fourth-order valence-corrected chi connectivity index (χ4v) is 2.72. The Balaban J connectivity index is 2.35. The number of allylic oxidation sites excluding steroid dienone is 1. The number of nitrogens with two attached hydrogens (primary N) is 1. The molecule has 1 aromatic heterocycles. The molecular weight excluding hydrogens is 370 g/mol. The lowest BCUT2D eigenvalue weighted by atomic mass is 9.99. The van der Waals surface area contributed by atoms with Gasteiger partial charge in [0.15, 0.2) is 0 Å². The molecule has 0 saturated carbocycles. The van der Waals surface area contributed by atoms with E-state index in [9.17, 15) is 9.59 Å². The summed E-state index contributed by atoms with van der Waals surface area (Å²) in [7, 11) is 1.28. The Bertz CT molecular complexity index is 903. The maximum Gasteiger partial charge on any atom is 0.411 e. The Labute approximate surface area is 170 Å². The molecule has 1 amide bonds. The van der Waals surface area contributed by atoms with E-state index in [0.29, 0.717) is 34.7 Å². The summed E-state index contributed by atoms with van der Waals surface area (Å²) < 4.78 is 10.1. The minimum atomic E-state index is -0.596. The molecule has 0 saturated heterocycles. The highest BCUT2D eigenvalue weighted by Gasteiger charge is 2.27. The number of rotatable bonds is 6. The van der Waals surface area contributed by atoms with Crippen LogP contribution in [0.4, 0.5) is 16.2 Å². The number of hydrogen-bond donors (Lipinski definition) is 2. The zero-order chi connectivity index (χ0) is 21.6. The van der Waals surface area contributed by atoms with Gasteiger partial charge in [0, 0.05) is 16.9 Å². The van der Waals surface area contributed by atoms with E-state index >= 15 is 0 Å². The number of anilines is 2. The summed E-state index contributed by atoms with van der Waals surface area (Å²) in [6.45, 7) is 9.21. The normalized spacial score (nSPS) is 12.0. The second kappa shape index (κ2) is 9.23. The van der Waals surface area contributed by atoms with E-state index in [0.717, 1.165) is 0 Å². The first-order valence-electron chi connectivity index (χ1n) is 9.20. The van der Waals surface area contributed by atoms with Crippen molar-refractivity contribution in [3.8, 4) is 11.3 Å². The van der Waals surface area contributed by atoms with Crippen molar-refractivity contribution in [2.24, 2.45) is 0 Å². The minimum Gasteiger partial charge on any atom is -0.459 e. The number of ether oxygens (including phenoxy) is 2. The first kappa shape index (κ1) is 21.9. The van der Waals surface area contributed by atoms with Crippen LogP contribution in [0.25, 0.3) is 11.3 Å². The van der Waals surface area contributed by atoms with Gasteiger partial charge in [-0.1, -0.05) is 12.1 Å². The van der Waals surface area contributed by atoms with Crippen LogP contribution in [-0.2, 0) is 14.3 Å². The van der Waals surface area contributed by atoms with E-state index in [-0.39, 0.29) is 5.97 Å². The van der Waals surface area contributed by atoms with Gasteiger partial charge in [0.05, 0.1) is 18.5 Å². The number of nitrogens with zero attached hydrogens (tertiary/aromatic N) is 1. The second-order valence-corrected chi connectivity index (χ2v) is 7.48. The Morgan fingerprint density at radius 2 is 2.00 bits per heavy atom. The summed E-state index contributed by atoms with van der Waals surface area (Å²) in [6.07, 6.45) is 1.50. The molecule has 3 N–H and O–H groups in total. The number of esters is 1. The highest BCUT2D eigenvalue weighted by Crippen LogP contribution is 2.30. The number of carbonyl (C=O) groups is 2. The molecule has 0 aliphatic heterocycles. The van der Waals surface area contributed by atoms with Gasteiger partial charge in [-0.15, -0.1) is 6.58 Å². The van der Waals surface area contributed by atoms with Gasteiger partial charge in [-0.3, -0.25) is 15.1 Å². The van der Waals surface area contributed by atoms with Crippen LogP contribution in [0.1, 0.15) is 38.8 Å². The number of hydrogen-bond acceptors (Lipinski definition) is 6. The number of benzene rings is 1. The molecular formula is C22H27N3O4. The van der Waals surface area contributed by atoms with Gasteiger partial charge in [-0.25, -0.2) is 4.79 Å². The van der Waals surface area contributed by atoms with Crippen molar-refractivity contribution in [2.45, 2.75) is 38.7 Å². The van der Waals surface area contributed by atoms with Crippen molar-refractivity contribution in [1.29, 1.82) is 0 Å². The molecule has 29 heavy (non-hydrogen) atoms. The van der Waals surface area contributed by atoms with E-state index in [1.54, 1.807) is 30.3 Å². The third kappa shape index (κ3) is 6.07. The number of carbonyl (C=O) groups excluding carboxylic acids is 2. The van der Waals surface area contributed by atoms with Crippen molar-refractivity contribution >= 4 is 23.4 Å². The molecule has 154 valence electrons. The number of pyridine rings is 1. The van der Waals surface area contributed by atoms with Gasteiger partial charge in [0.2, 0.25) is 0 Å². The average Bonchev–Trinajstić information content (AvgIpc) is 2.64. The van der Waals surface area contributed by atoms with Crippen molar-refractivity contribution in [1.82, 2.24) is 4.98 Å². The number of nitrogens with one attached hydrogen (secondary N) is 1. The third-order valence-corrected chi connectivity index (χ3v) is 3.98. The fraction of sp³-hybridized carbons (Fsp3) is 0.318. The summed E-state index contributed by atoms with van der Waals surface area (Å²) in [6, 6.07) is 10.5. The van der Waals surface area contributed by atoms with Crippen LogP contribution in [0, 0.1) is 0 Å². The molecule has 7 heteroatoms. The lowest BCUT2D eigenvalue weighted by Crippen LogP contribution is -2.28. The SMILES string of the molecule is C=CCC(C(=O)OC(C)(C)C)c1cccc(-c2ccc(NC(=O)OC)cc2N)n1. The second-order valence-electron chi connectivity index (χ2n) is 7.48. The maximum absolute atomic E-state index is 12.7. The van der Waals surface area contributed by atoms with Gasteiger partial charge in [-0.05, 0) is 57.5 Å². The standard InChI is InChI=1S/C22H27N3O4/c1-6-8-16(20(26)29-22(2,3)4)19-10-7-9-18(25-19)15-12-11-14(13-17(15)23)24-21(27)28-5/h6-7,9-13,16H,1,8,23H2,2-5H3,(H,24,27). The predicted molar refractivity (Wildman–Crippen MR) is 114 cm³/mol. The summed E-state index contributed by atoms with van der Waals surface area (Å²) in [5, 5.41) is 2.56. The van der Waals surface area contributed by atoms with Gasteiger partial charge in [0.25, 0.3) is 0 Å². The smallest absolute Gasteiger partial charge is 0.411 e. The van der Waals surface area contributed by atoms with Crippen molar-refractivity contribution in [3.05, 3.63) is 54.7 Å². The molecule has 2 aromatic rings. The zero-order valence-electron chi connectivity index (χ0n) is 17.2. The van der Waals surface area contributed by atoms with Crippen LogP contribution in [0.5, 0.6) is 0 Å². The molecule has 1 heterocycles. The highest BCUT2D eigenvalue weighted by molar-refractivity contribution is 5.87. The topological polar surface area (TPSA) is 104 Å². The Morgan fingerprint density at radius 1 is 1.28 bits per heavy atom. The maximum atomic E-state index is 12.7. The summed E-state index contributed by atoms with van der Waals surface area (Å²) in [5.74, 6) is -0.916. The number of aromatic nitrogens is 1. The van der Waals surface area contributed by atoms with E-state index in [2.05, 4.69) is 21.6 Å². The minimum absolute atomic E-state index is 0.354.